The van der Waals surface area contributed by atoms with Gasteiger partial charge in [-0.2, -0.15) is 13.2 Å². The van der Waals surface area contributed by atoms with Crippen molar-refractivity contribution in [2.24, 2.45) is 5.16 Å². The standard InChI is InChI=1S/C12H11ClF3NO2/c1-2-10(11(13)18)19-17-7-8-4-3-5-9(6-8)12(14,15)16/h3-7,10H,2H2,1H3/b17-7-. The van der Waals surface area contributed by atoms with E-state index in [0.29, 0.717) is 6.42 Å². The highest BCUT2D eigenvalue weighted by Gasteiger charge is 2.30. The molecule has 1 unspecified atom stereocenters. The quantitative estimate of drug-likeness (QED) is 0.473. The van der Waals surface area contributed by atoms with Gasteiger partial charge in [-0.3, -0.25) is 4.79 Å². The Kier molecular flexibility index (Phi) is 5.35. The Morgan fingerprint density at radius 3 is 2.74 bits per heavy atom. The fraction of sp³-hybridized carbons (Fsp3) is 0.333. The molecule has 0 radical (unpaired) electrons. The summed E-state index contributed by atoms with van der Waals surface area (Å²) >= 11 is 5.22. The van der Waals surface area contributed by atoms with Gasteiger partial charge in [0.05, 0.1) is 11.8 Å². The Hall–Kier alpha value is -1.56. The fourth-order valence-corrected chi connectivity index (χ4v) is 1.43. The summed E-state index contributed by atoms with van der Waals surface area (Å²) in [4.78, 5) is 15.6. The van der Waals surface area contributed by atoms with E-state index in [1.807, 2.05) is 0 Å². The van der Waals surface area contributed by atoms with Gasteiger partial charge in [-0.25, -0.2) is 0 Å². The topological polar surface area (TPSA) is 38.7 Å². The van der Waals surface area contributed by atoms with Crippen molar-refractivity contribution >= 4 is 23.1 Å². The molecule has 3 nitrogen and oxygen atoms in total. The van der Waals surface area contributed by atoms with Gasteiger partial charge in [0, 0.05) is 0 Å². The van der Waals surface area contributed by atoms with Gasteiger partial charge in [0.2, 0.25) is 0 Å². The summed E-state index contributed by atoms with van der Waals surface area (Å²) in [6.45, 7) is 1.67. The smallest absolute Gasteiger partial charge is 0.383 e. The van der Waals surface area contributed by atoms with Crippen LogP contribution in [0, 0.1) is 0 Å². The molecule has 0 spiro atoms. The lowest BCUT2D eigenvalue weighted by Gasteiger charge is -2.08. The van der Waals surface area contributed by atoms with E-state index in [9.17, 15) is 18.0 Å². The van der Waals surface area contributed by atoms with Crippen LogP contribution < -0.4 is 0 Å². The first kappa shape index (κ1) is 15.5. The van der Waals surface area contributed by atoms with Gasteiger partial charge in [-0.1, -0.05) is 24.2 Å². The Balaban J connectivity index is 2.75. The normalized spacial score (nSPS) is 13.5. The molecule has 0 N–H and O–H groups in total. The number of halogens is 4. The van der Waals surface area contributed by atoms with Gasteiger partial charge >= 0.3 is 6.18 Å². The van der Waals surface area contributed by atoms with Crippen LogP contribution >= 0.6 is 11.6 Å². The Labute approximate surface area is 113 Å². The van der Waals surface area contributed by atoms with Crippen LogP contribution in [0.4, 0.5) is 13.2 Å². The molecule has 7 heteroatoms. The van der Waals surface area contributed by atoms with E-state index < -0.39 is 23.1 Å². The van der Waals surface area contributed by atoms with Crippen LogP contribution in [0.25, 0.3) is 0 Å². The molecule has 0 saturated heterocycles. The molecule has 1 aromatic rings. The van der Waals surface area contributed by atoms with Gasteiger partial charge in [0.15, 0.2) is 6.10 Å². The van der Waals surface area contributed by atoms with Crippen LogP contribution in [-0.2, 0) is 15.8 Å². The van der Waals surface area contributed by atoms with Crippen molar-refractivity contribution in [3.8, 4) is 0 Å². The van der Waals surface area contributed by atoms with Gasteiger partial charge in [0.1, 0.15) is 0 Å². The van der Waals surface area contributed by atoms with Gasteiger partial charge in [-0.05, 0) is 35.7 Å². The third kappa shape index (κ3) is 4.90. The van der Waals surface area contributed by atoms with Crippen molar-refractivity contribution in [2.45, 2.75) is 25.6 Å². The lowest BCUT2D eigenvalue weighted by molar-refractivity contribution is -0.137. The zero-order valence-electron chi connectivity index (χ0n) is 9.95. The Morgan fingerprint density at radius 1 is 1.53 bits per heavy atom. The number of benzene rings is 1. The average Bonchev–Trinajstić information content (AvgIpc) is 2.33. The average molecular weight is 294 g/mol. The highest BCUT2D eigenvalue weighted by molar-refractivity contribution is 6.64. The largest absolute Gasteiger partial charge is 0.416 e. The number of carbonyl (C=O) groups excluding carboxylic acids is 1. The van der Waals surface area contributed by atoms with Crippen molar-refractivity contribution in [3.05, 3.63) is 35.4 Å². The highest BCUT2D eigenvalue weighted by atomic mass is 35.5. The first-order chi connectivity index (χ1) is 8.84. The zero-order chi connectivity index (χ0) is 14.5. The molecular weight excluding hydrogens is 283 g/mol. The summed E-state index contributed by atoms with van der Waals surface area (Å²) in [6.07, 6.45) is -3.90. The maximum atomic E-state index is 12.4. The predicted octanol–water partition coefficient (Wildman–Crippen LogP) is 3.60. The van der Waals surface area contributed by atoms with Crippen LogP contribution in [0.2, 0.25) is 0 Å². The highest BCUT2D eigenvalue weighted by Crippen LogP contribution is 2.29. The molecular formula is C12H11ClF3NO2. The molecule has 1 rings (SSSR count). The van der Waals surface area contributed by atoms with Crippen LogP contribution in [0.3, 0.4) is 0 Å². The molecule has 0 fully saturated rings. The lowest BCUT2D eigenvalue weighted by Crippen LogP contribution is -2.16. The first-order valence-electron chi connectivity index (χ1n) is 5.40. The number of rotatable bonds is 5. The molecule has 1 atom stereocenters. The molecule has 0 saturated carbocycles. The SMILES string of the molecule is CCC(O/N=C\c1cccc(C(F)(F)F)c1)C(=O)Cl. The third-order valence-electron chi connectivity index (χ3n) is 2.23. The lowest BCUT2D eigenvalue weighted by atomic mass is 10.1. The van der Waals surface area contributed by atoms with Gasteiger partial charge in [0.25, 0.3) is 5.24 Å². The summed E-state index contributed by atoms with van der Waals surface area (Å²) in [5.74, 6) is 0. The van der Waals surface area contributed by atoms with Crippen molar-refractivity contribution in [1.29, 1.82) is 0 Å². The van der Waals surface area contributed by atoms with E-state index in [0.717, 1.165) is 18.3 Å². The van der Waals surface area contributed by atoms with Crippen LogP contribution in [-0.4, -0.2) is 17.6 Å². The van der Waals surface area contributed by atoms with Gasteiger partial charge < -0.3 is 4.84 Å². The summed E-state index contributed by atoms with van der Waals surface area (Å²) in [7, 11) is 0. The Bertz CT molecular complexity index is 474. The number of nitrogens with zero attached hydrogens (tertiary/aromatic N) is 1. The van der Waals surface area contributed by atoms with E-state index in [2.05, 4.69) is 5.16 Å². The van der Waals surface area contributed by atoms with E-state index in [1.54, 1.807) is 6.92 Å². The number of oxime groups is 1. The minimum absolute atomic E-state index is 0.215. The molecule has 1 aromatic carbocycles. The van der Waals surface area contributed by atoms with E-state index in [-0.39, 0.29) is 5.56 Å². The van der Waals surface area contributed by atoms with E-state index >= 15 is 0 Å². The summed E-state index contributed by atoms with van der Waals surface area (Å²) < 4.78 is 37.3. The monoisotopic (exact) mass is 293 g/mol. The summed E-state index contributed by atoms with van der Waals surface area (Å²) in [5.41, 5.74) is -0.566. The molecule has 0 bridgehead atoms. The summed E-state index contributed by atoms with van der Waals surface area (Å²) in [6, 6.07) is 4.57. The number of hydrogen-bond acceptors (Lipinski definition) is 3. The van der Waals surface area contributed by atoms with Gasteiger partial charge in [-0.15, -0.1) is 0 Å². The predicted molar refractivity (Wildman–Crippen MR) is 65.1 cm³/mol. The number of carbonyl (C=O) groups is 1. The second kappa shape index (κ2) is 6.56. The van der Waals surface area contributed by atoms with Crippen molar-refractivity contribution in [3.63, 3.8) is 0 Å². The van der Waals surface area contributed by atoms with E-state index in [1.165, 1.54) is 12.1 Å². The minimum atomic E-state index is -4.41. The second-order valence-corrected chi connectivity index (χ2v) is 4.04. The third-order valence-corrected chi connectivity index (χ3v) is 2.47. The second-order valence-electron chi connectivity index (χ2n) is 3.66. The maximum absolute atomic E-state index is 12.4. The molecule has 0 aliphatic rings. The van der Waals surface area contributed by atoms with Crippen LogP contribution in [0.1, 0.15) is 24.5 Å². The summed E-state index contributed by atoms with van der Waals surface area (Å²) in [5, 5.41) is 2.75. The van der Waals surface area contributed by atoms with Crippen LogP contribution in [0.15, 0.2) is 29.4 Å². The molecule has 0 heterocycles. The molecule has 0 aliphatic carbocycles. The Morgan fingerprint density at radius 2 is 2.21 bits per heavy atom. The fourth-order valence-electron chi connectivity index (χ4n) is 1.24. The molecule has 19 heavy (non-hydrogen) atoms. The van der Waals surface area contributed by atoms with Crippen molar-refractivity contribution in [2.75, 3.05) is 0 Å². The van der Waals surface area contributed by atoms with Crippen molar-refractivity contribution in [1.82, 2.24) is 0 Å². The van der Waals surface area contributed by atoms with E-state index in [4.69, 9.17) is 16.4 Å². The molecule has 0 aliphatic heterocycles. The number of hydrogen-bond donors (Lipinski definition) is 0. The van der Waals surface area contributed by atoms with Crippen LogP contribution in [0.5, 0.6) is 0 Å². The molecule has 0 aromatic heterocycles. The van der Waals surface area contributed by atoms with Crippen molar-refractivity contribution < 1.29 is 22.8 Å². The zero-order valence-corrected chi connectivity index (χ0v) is 10.7. The molecule has 0 amide bonds. The molecule has 104 valence electrons. The first-order valence-corrected chi connectivity index (χ1v) is 5.78. The number of alkyl halides is 3. The maximum Gasteiger partial charge on any atom is 0.416 e. The minimum Gasteiger partial charge on any atom is -0.383 e.